The molecule has 0 amide bonds. The maximum Gasteiger partial charge on any atom is 0.182 e. The van der Waals surface area contributed by atoms with Crippen LogP contribution < -0.4 is 5.32 Å². The Bertz CT molecular complexity index is 514. The first-order chi connectivity index (χ1) is 10.1. The molecule has 21 heavy (non-hydrogen) atoms. The largest absolute Gasteiger partial charge is 0.380 e. The van der Waals surface area contributed by atoms with Crippen LogP contribution in [-0.2, 0) is 4.74 Å². The van der Waals surface area contributed by atoms with E-state index in [-0.39, 0.29) is 17.4 Å². The number of halogens is 3. The number of ether oxygens (including phenoxy) is 1. The molecule has 0 bridgehead atoms. The molecule has 1 saturated carbocycles. The van der Waals surface area contributed by atoms with Crippen molar-refractivity contribution in [2.45, 2.75) is 56.7 Å². The van der Waals surface area contributed by atoms with Crippen LogP contribution in [0.1, 0.15) is 44.9 Å². The fraction of sp³-hybridized carbons (Fsp3) is 0.625. The van der Waals surface area contributed by atoms with Crippen LogP contribution in [0.15, 0.2) is 12.1 Å². The zero-order chi connectivity index (χ0) is 14.9. The van der Waals surface area contributed by atoms with Gasteiger partial charge < -0.3 is 10.1 Å². The maximum atomic E-state index is 13.6. The summed E-state index contributed by atoms with van der Waals surface area (Å²) in [7, 11) is 0. The molecular formula is C16H20F3NO. The average Bonchev–Trinajstić information content (AvgIpc) is 2.85. The number of anilines is 1. The molecule has 3 rings (SSSR count). The molecule has 0 aromatic heterocycles. The van der Waals surface area contributed by atoms with E-state index in [1.807, 2.05) is 0 Å². The molecular weight excluding hydrogens is 279 g/mol. The van der Waals surface area contributed by atoms with Crippen molar-refractivity contribution in [3.05, 3.63) is 29.6 Å². The van der Waals surface area contributed by atoms with E-state index < -0.39 is 17.5 Å². The van der Waals surface area contributed by atoms with Crippen molar-refractivity contribution < 1.29 is 17.9 Å². The van der Waals surface area contributed by atoms with E-state index in [0.717, 1.165) is 31.7 Å². The highest BCUT2D eigenvalue weighted by Crippen LogP contribution is 2.41. The number of benzene rings is 1. The SMILES string of the molecule is Fc1cc(F)c(F)c(NCC2CCC3(CCCCC3)O2)c1. The van der Waals surface area contributed by atoms with Crippen molar-refractivity contribution in [1.82, 2.24) is 0 Å². The minimum Gasteiger partial charge on any atom is -0.380 e. The molecule has 1 N–H and O–H groups in total. The lowest BCUT2D eigenvalue weighted by atomic mass is 9.83. The Morgan fingerprint density at radius 2 is 1.86 bits per heavy atom. The predicted octanol–water partition coefficient (Wildman–Crippen LogP) is 4.40. The molecule has 1 spiro atoms. The fourth-order valence-corrected chi connectivity index (χ4v) is 3.51. The molecule has 116 valence electrons. The molecule has 1 unspecified atom stereocenters. The number of hydrogen-bond donors (Lipinski definition) is 1. The van der Waals surface area contributed by atoms with Gasteiger partial charge in [-0.25, -0.2) is 13.2 Å². The van der Waals surface area contributed by atoms with E-state index in [2.05, 4.69) is 5.32 Å². The summed E-state index contributed by atoms with van der Waals surface area (Å²) in [5.41, 5.74) is -0.142. The van der Waals surface area contributed by atoms with E-state index in [0.29, 0.717) is 12.6 Å². The van der Waals surface area contributed by atoms with Gasteiger partial charge in [-0.2, -0.15) is 0 Å². The monoisotopic (exact) mass is 299 g/mol. The molecule has 1 aromatic rings. The van der Waals surface area contributed by atoms with Crippen LogP contribution >= 0.6 is 0 Å². The molecule has 1 aliphatic heterocycles. The molecule has 2 aliphatic rings. The Kier molecular flexibility index (Phi) is 4.11. The predicted molar refractivity (Wildman–Crippen MR) is 74.7 cm³/mol. The lowest BCUT2D eigenvalue weighted by Crippen LogP contribution is -2.33. The lowest BCUT2D eigenvalue weighted by molar-refractivity contribution is -0.0588. The van der Waals surface area contributed by atoms with Gasteiger partial charge in [0.05, 0.1) is 17.4 Å². The van der Waals surface area contributed by atoms with Crippen LogP contribution in [0.25, 0.3) is 0 Å². The quantitative estimate of drug-likeness (QED) is 0.835. The molecule has 1 saturated heterocycles. The fourth-order valence-electron chi connectivity index (χ4n) is 3.51. The van der Waals surface area contributed by atoms with E-state index in [1.165, 1.54) is 19.3 Å². The van der Waals surface area contributed by atoms with E-state index in [9.17, 15) is 13.2 Å². The summed E-state index contributed by atoms with van der Waals surface area (Å²) >= 11 is 0. The first kappa shape index (κ1) is 14.7. The third-order valence-electron chi connectivity index (χ3n) is 4.62. The Labute approximate surface area is 122 Å². The van der Waals surface area contributed by atoms with Gasteiger partial charge in [-0.1, -0.05) is 19.3 Å². The zero-order valence-corrected chi connectivity index (χ0v) is 11.9. The van der Waals surface area contributed by atoms with Gasteiger partial charge in [0.2, 0.25) is 0 Å². The molecule has 1 atom stereocenters. The van der Waals surface area contributed by atoms with Crippen LogP contribution in [0.2, 0.25) is 0 Å². The first-order valence-corrected chi connectivity index (χ1v) is 7.64. The van der Waals surface area contributed by atoms with E-state index >= 15 is 0 Å². The van der Waals surface area contributed by atoms with Crippen molar-refractivity contribution in [2.24, 2.45) is 0 Å². The normalized spacial score (nSPS) is 24.4. The van der Waals surface area contributed by atoms with E-state index in [1.54, 1.807) is 0 Å². The molecule has 2 fully saturated rings. The van der Waals surface area contributed by atoms with Crippen molar-refractivity contribution in [3.63, 3.8) is 0 Å². The van der Waals surface area contributed by atoms with Crippen molar-refractivity contribution >= 4 is 5.69 Å². The minimum absolute atomic E-state index is 0.00364. The summed E-state index contributed by atoms with van der Waals surface area (Å²) in [6.07, 6.45) is 7.76. The zero-order valence-electron chi connectivity index (χ0n) is 11.9. The summed E-state index contributed by atoms with van der Waals surface area (Å²) in [4.78, 5) is 0. The second kappa shape index (κ2) is 5.87. The average molecular weight is 299 g/mol. The Hall–Kier alpha value is -1.23. The van der Waals surface area contributed by atoms with Gasteiger partial charge >= 0.3 is 0 Å². The Morgan fingerprint density at radius 3 is 2.62 bits per heavy atom. The Morgan fingerprint density at radius 1 is 1.10 bits per heavy atom. The molecule has 1 aromatic carbocycles. The second-order valence-electron chi connectivity index (χ2n) is 6.15. The van der Waals surface area contributed by atoms with Crippen LogP contribution in [0.5, 0.6) is 0 Å². The highest BCUT2D eigenvalue weighted by atomic mass is 19.2. The highest BCUT2D eigenvalue weighted by molar-refractivity contribution is 5.45. The van der Waals surface area contributed by atoms with Gasteiger partial charge in [-0.05, 0) is 25.7 Å². The number of nitrogens with one attached hydrogen (secondary N) is 1. The van der Waals surface area contributed by atoms with Gasteiger partial charge in [0.25, 0.3) is 0 Å². The summed E-state index contributed by atoms with van der Waals surface area (Å²) in [6.45, 7) is 0.377. The van der Waals surface area contributed by atoms with Crippen LogP contribution in [0, 0.1) is 17.5 Å². The summed E-state index contributed by atoms with van der Waals surface area (Å²) in [6, 6.07) is 1.52. The van der Waals surface area contributed by atoms with Gasteiger partial charge in [0, 0.05) is 18.7 Å². The molecule has 1 heterocycles. The van der Waals surface area contributed by atoms with Crippen LogP contribution in [-0.4, -0.2) is 18.2 Å². The molecule has 5 heteroatoms. The van der Waals surface area contributed by atoms with Gasteiger partial charge in [-0.3, -0.25) is 0 Å². The minimum atomic E-state index is -1.17. The van der Waals surface area contributed by atoms with Crippen molar-refractivity contribution in [1.29, 1.82) is 0 Å². The van der Waals surface area contributed by atoms with Crippen LogP contribution in [0.3, 0.4) is 0 Å². The standard InChI is InChI=1S/C16H20F3NO/c17-11-8-13(18)15(19)14(9-11)20-10-12-4-7-16(21-12)5-2-1-3-6-16/h8-9,12,20H,1-7,10H2. The molecule has 0 radical (unpaired) electrons. The third kappa shape index (κ3) is 3.18. The first-order valence-electron chi connectivity index (χ1n) is 7.64. The van der Waals surface area contributed by atoms with Gasteiger partial charge in [0.15, 0.2) is 11.6 Å². The highest BCUT2D eigenvalue weighted by Gasteiger charge is 2.40. The smallest absolute Gasteiger partial charge is 0.182 e. The summed E-state index contributed by atoms with van der Waals surface area (Å²) < 4.78 is 46.0. The second-order valence-corrected chi connectivity index (χ2v) is 6.15. The van der Waals surface area contributed by atoms with Crippen LogP contribution in [0.4, 0.5) is 18.9 Å². The maximum absolute atomic E-state index is 13.6. The lowest BCUT2D eigenvalue weighted by Gasteiger charge is -2.33. The topological polar surface area (TPSA) is 21.3 Å². The van der Waals surface area contributed by atoms with Crippen molar-refractivity contribution in [2.75, 3.05) is 11.9 Å². The summed E-state index contributed by atoms with van der Waals surface area (Å²) in [5, 5.41) is 2.78. The third-order valence-corrected chi connectivity index (χ3v) is 4.62. The van der Waals surface area contributed by atoms with Gasteiger partial charge in [-0.15, -0.1) is 0 Å². The summed E-state index contributed by atoms with van der Waals surface area (Å²) in [5.74, 6) is -3.00. The van der Waals surface area contributed by atoms with Crippen molar-refractivity contribution in [3.8, 4) is 0 Å². The molecule has 2 nitrogen and oxygen atoms in total. The number of hydrogen-bond acceptors (Lipinski definition) is 2. The van der Waals surface area contributed by atoms with E-state index in [4.69, 9.17) is 4.74 Å². The number of rotatable bonds is 3. The van der Waals surface area contributed by atoms with Gasteiger partial charge in [0.1, 0.15) is 5.82 Å². The Balaban J connectivity index is 1.59. The molecule has 1 aliphatic carbocycles.